The van der Waals surface area contributed by atoms with Crippen molar-refractivity contribution in [2.45, 2.75) is 12.3 Å². The molecule has 2 N–H and O–H groups in total. The van der Waals surface area contributed by atoms with Crippen LogP contribution in [0.5, 0.6) is 0 Å². The minimum absolute atomic E-state index is 0.245. The first kappa shape index (κ1) is 31.9. The molecule has 0 fully saturated rings. The lowest BCUT2D eigenvalue weighted by atomic mass is 9.95. The van der Waals surface area contributed by atoms with Gasteiger partial charge in [0.05, 0.1) is 11.0 Å². The van der Waals surface area contributed by atoms with Gasteiger partial charge in [0.25, 0.3) is 0 Å². The summed E-state index contributed by atoms with van der Waals surface area (Å²) >= 11 is 0. The molecule has 0 radical (unpaired) electrons. The molecule has 2 atom stereocenters. The predicted molar refractivity (Wildman–Crippen MR) is 232 cm³/mol. The molecular formula is C51H34N4O2. The van der Waals surface area contributed by atoms with Crippen molar-refractivity contribution in [1.82, 2.24) is 15.2 Å². The normalized spacial score (nSPS) is 15.9. The van der Waals surface area contributed by atoms with Crippen molar-refractivity contribution in [2.75, 3.05) is 0 Å². The van der Waals surface area contributed by atoms with E-state index in [0.29, 0.717) is 0 Å². The molecule has 8 aromatic carbocycles. The van der Waals surface area contributed by atoms with Gasteiger partial charge in [-0.15, -0.1) is 0 Å². The van der Waals surface area contributed by atoms with Gasteiger partial charge in [0.15, 0.2) is 0 Å². The van der Waals surface area contributed by atoms with Crippen LogP contribution < -0.4 is 10.6 Å². The third-order valence-electron chi connectivity index (χ3n) is 11.5. The summed E-state index contributed by atoms with van der Waals surface area (Å²) in [4.78, 5) is 5.12. The molecule has 12 rings (SSSR count). The highest BCUT2D eigenvalue weighted by atomic mass is 16.3. The zero-order chi connectivity index (χ0) is 37.5. The lowest BCUT2D eigenvalue weighted by Gasteiger charge is -2.32. The van der Waals surface area contributed by atoms with Crippen molar-refractivity contribution in [3.63, 3.8) is 0 Å². The third kappa shape index (κ3) is 4.98. The summed E-state index contributed by atoms with van der Waals surface area (Å²) < 4.78 is 15.9. The highest BCUT2D eigenvalue weighted by Crippen LogP contribution is 2.44. The van der Waals surface area contributed by atoms with Crippen LogP contribution in [0.1, 0.15) is 29.0 Å². The second-order valence-corrected chi connectivity index (χ2v) is 14.7. The SMILES string of the molecule is c1ccc(C2=NC(c3ccccc3)NC(c3cccc4c3oc3cccc(-c5cccc6oc7cc(-n8c9ccccc9c9ccccc98)ccc7c56)c34)N2)cc1. The molecule has 11 aromatic rings. The Bertz CT molecular complexity index is 3320. The van der Waals surface area contributed by atoms with Crippen molar-refractivity contribution >= 4 is 71.5 Å². The second kappa shape index (κ2) is 12.6. The first-order valence-corrected chi connectivity index (χ1v) is 19.4. The monoisotopic (exact) mass is 734 g/mol. The average molecular weight is 735 g/mol. The summed E-state index contributed by atoms with van der Waals surface area (Å²) in [5.41, 5.74) is 12.1. The van der Waals surface area contributed by atoms with E-state index in [4.69, 9.17) is 13.8 Å². The van der Waals surface area contributed by atoms with E-state index in [0.717, 1.165) is 83.2 Å². The van der Waals surface area contributed by atoms with E-state index in [1.54, 1.807) is 0 Å². The molecule has 57 heavy (non-hydrogen) atoms. The van der Waals surface area contributed by atoms with Crippen molar-refractivity contribution < 1.29 is 8.83 Å². The van der Waals surface area contributed by atoms with Crippen LogP contribution in [0.4, 0.5) is 0 Å². The Morgan fingerprint density at radius 3 is 1.84 bits per heavy atom. The molecule has 0 saturated heterocycles. The molecule has 4 heterocycles. The van der Waals surface area contributed by atoms with Gasteiger partial charge in [-0.2, -0.15) is 0 Å². The van der Waals surface area contributed by atoms with Crippen molar-refractivity contribution in [1.29, 1.82) is 0 Å². The van der Waals surface area contributed by atoms with Crippen molar-refractivity contribution in [3.05, 3.63) is 199 Å². The lowest BCUT2D eigenvalue weighted by molar-refractivity contribution is 0.408. The number of nitrogens with one attached hydrogen (secondary N) is 2. The van der Waals surface area contributed by atoms with E-state index in [2.05, 4.69) is 173 Å². The Morgan fingerprint density at radius 2 is 1.11 bits per heavy atom. The maximum atomic E-state index is 6.84. The number of rotatable bonds is 5. The van der Waals surface area contributed by atoms with Crippen LogP contribution >= 0.6 is 0 Å². The van der Waals surface area contributed by atoms with E-state index in [-0.39, 0.29) is 12.3 Å². The van der Waals surface area contributed by atoms with E-state index >= 15 is 0 Å². The topological polar surface area (TPSA) is 67.6 Å². The maximum Gasteiger partial charge on any atom is 0.142 e. The fourth-order valence-corrected chi connectivity index (χ4v) is 8.97. The lowest BCUT2D eigenvalue weighted by Crippen LogP contribution is -2.45. The fraction of sp³-hybridized carbons (Fsp3) is 0.0392. The fourth-order valence-electron chi connectivity index (χ4n) is 8.97. The summed E-state index contributed by atoms with van der Waals surface area (Å²) in [6.45, 7) is 0. The Hall–Kier alpha value is -7.41. The quantitative estimate of drug-likeness (QED) is 0.185. The number of benzene rings is 8. The van der Waals surface area contributed by atoms with Crippen molar-refractivity contribution in [2.24, 2.45) is 4.99 Å². The van der Waals surface area contributed by atoms with Gasteiger partial charge in [-0.05, 0) is 53.1 Å². The van der Waals surface area contributed by atoms with Gasteiger partial charge in [0.2, 0.25) is 0 Å². The van der Waals surface area contributed by atoms with E-state index < -0.39 is 0 Å². The van der Waals surface area contributed by atoms with Crippen molar-refractivity contribution in [3.8, 4) is 16.8 Å². The molecule has 1 aliphatic heterocycles. The zero-order valence-electron chi connectivity index (χ0n) is 30.7. The molecule has 0 spiro atoms. The van der Waals surface area contributed by atoms with Crippen LogP contribution in [0.25, 0.3) is 82.5 Å². The molecule has 0 amide bonds. The maximum absolute atomic E-state index is 6.84. The Balaban J connectivity index is 1.00. The number of para-hydroxylation sites is 3. The number of hydrogen-bond acceptors (Lipinski definition) is 5. The van der Waals surface area contributed by atoms with Gasteiger partial charge < -0.3 is 18.7 Å². The summed E-state index contributed by atoms with van der Waals surface area (Å²) in [5.74, 6) is 0.835. The number of furan rings is 2. The zero-order valence-corrected chi connectivity index (χ0v) is 30.7. The van der Waals surface area contributed by atoms with E-state index in [1.807, 2.05) is 24.3 Å². The number of aromatic nitrogens is 1. The van der Waals surface area contributed by atoms with Gasteiger partial charge in [0, 0.05) is 55.2 Å². The smallest absolute Gasteiger partial charge is 0.142 e. The van der Waals surface area contributed by atoms with Gasteiger partial charge in [0.1, 0.15) is 40.5 Å². The molecule has 3 aromatic heterocycles. The summed E-state index contributed by atoms with van der Waals surface area (Å²) in [6.07, 6.45) is -0.508. The summed E-state index contributed by atoms with van der Waals surface area (Å²) in [7, 11) is 0. The van der Waals surface area contributed by atoms with Crippen LogP contribution in [0.3, 0.4) is 0 Å². The Labute approximate surface area is 327 Å². The van der Waals surface area contributed by atoms with Gasteiger partial charge in [-0.3, -0.25) is 5.32 Å². The molecular weight excluding hydrogens is 701 g/mol. The molecule has 270 valence electrons. The van der Waals surface area contributed by atoms with Gasteiger partial charge in [-0.25, -0.2) is 4.99 Å². The molecule has 0 bridgehead atoms. The Kier molecular flexibility index (Phi) is 7.03. The first-order valence-electron chi connectivity index (χ1n) is 19.4. The standard InChI is InChI=1S/C51H34N4O2/c1-3-14-31(15-4-1)49-52-50(32-16-5-2-6-17-32)54-51(53-49)40-23-11-22-39-47-37(21-13-27-44(47)57-48(39)40)36-20-12-26-43-46(36)38-29-28-33(30-45(38)56-43)55-41-24-9-7-18-34(41)35-19-8-10-25-42(35)55/h1-30,49,51,53H,(H,52,54). The largest absolute Gasteiger partial charge is 0.456 e. The second-order valence-electron chi connectivity index (χ2n) is 14.7. The predicted octanol–water partition coefficient (Wildman–Crippen LogP) is 12.6. The number of nitrogens with zero attached hydrogens (tertiary/aromatic N) is 2. The van der Waals surface area contributed by atoms with E-state index in [9.17, 15) is 0 Å². The summed E-state index contributed by atoms with van der Waals surface area (Å²) in [5, 5.41) is 14.2. The van der Waals surface area contributed by atoms with Crippen LogP contribution in [0.15, 0.2) is 196 Å². The highest BCUT2D eigenvalue weighted by Gasteiger charge is 2.28. The molecule has 6 nitrogen and oxygen atoms in total. The molecule has 2 unspecified atom stereocenters. The van der Waals surface area contributed by atoms with Crippen LogP contribution in [-0.4, -0.2) is 10.4 Å². The highest BCUT2D eigenvalue weighted by molar-refractivity contribution is 6.20. The van der Waals surface area contributed by atoms with Crippen LogP contribution in [0, 0.1) is 0 Å². The number of aliphatic imine (C=N–C) groups is 1. The van der Waals surface area contributed by atoms with Gasteiger partial charge >= 0.3 is 0 Å². The minimum Gasteiger partial charge on any atom is -0.456 e. The molecule has 0 saturated carbocycles. The number of amidine groups is 1. The van der Waals surface area contributed by atoms with Crippen LogP contribution in [-0.2, 0) is 0 Å². The molecule has 1 aliphatic rings. The first-order chi connectivity index (χ1) is 28.3. The minimum atomic E-state index is -0.263. The van der Waals surface area contributed by atoms with E-state index in [1.165, 1.54) is 21.8 Å². The average Bonchev–Trinajstić information content (AvgIpc) is 3.96. The van der Waals surface area contributed by atoms with Gasteiger partial charge in [-0.1, -0.05) is 140 Å². The van der Waals surface area contributed by atoms with Crippen LogP contribution in [0.2, 0.25) is 0 Å². The number of hydrogen-bond donors (Lipinski definition) is 2. The molecule has 0 aliphatic carbocycles. The molecule has 6 heteroatoms. The summed E-state index contributed by atoms with van der Waals surface area (Å²) in [6, 6.07) is 63.6. The number of fused-ring (bicyclic) bond motifs is 9. The third-order valence-corrected chi connectivity index (χ3v) is 11.5. The Morgan fingerprint density at radius 1 is 0.491 bits per heavy atom.